The monoisotopic (exact) mass is 436 g/mol. The molecule has 0 radical (unpaired) electrons. The van der Waals surface area contributed by atoms with Gasteiger partial charge in [0, 0.05) is 26.2 Å². The number of nitrogens with two attached hydrogens (primary N) is 1. The van der Waals surface area contributed by atoms with Crippen molar-refractivity contribution in [1.82, 2.24) is 25.3 Å². The first kappa shape index (κ1) is 23.3. The van der Waals surface area contributed by atoms with Crippen LogP contribution in [0.3, 0.4) is 0 Å². The first-order valence-electron chi connectivity index (χ1n) is 7.99. The number of hydrogen-bond acceptors (Lipinski definition) is 8. The highest BCUT2D eigenvalue weighted by Gasteiger charge is 2.22. The molecule has 0 aromatic carbocycles. The van der Waals surface area contributed by atoms with Gasteiger partial charge < -0.3 is 20.5 Å². The molecule has 0 atom stereocenters. The molecule has 150 valence electrons. The third-order valence-electron chi connectivity index (χ3n) is 3.92. The summed E-state index contributed by atoms with van der Waals surface area (Å²) in [6.07, 6.45) is 0. The number of halogens is 2. The van der Waals surface area contributed by atoms with Crippen molar-refractivity contribution in [1.29, 1.82) is 0 Å². The number of nitrogens with one attached hydrogen (secondary N) is 1. The van der Waals surface area contributed by atoms with Crippen molar-refractivity contribution in [3.63, 3.8) is 0 Å². The van der Waals surface area contributed by atoms with E-state index in [1.54, 1.807) is 16.2 Å². The molecule has 0 bridgehead atoms. The van der Waals surface area contributed by atoms with Gasteiger partial charge in [0.1, 0.15) is 0 Å². The summed E-state index contributed by atoms with van der Waals surface area (Å²) in [5.41, 5.74) is 5.20. The van der Waals surface area contributed by atoms with Gasteiger partial charge in [-0.1, -0.05) is 11.2 Å². The Hall–Kier alpha value is -1.72. The van der Waals surface area contributed by atoms with Crippen molar-refractivity contribution in [2.75, 3.05) is 39.3 Å². The lowest BCUT2D eigenvalue weighted by molar-refractivity contribution is -0.134. The van der Waals surface area contributed by atoms with Crippen molar-refractivity contribution in [2.24, 2.45) is 5.73 Å². The molecular weight excluding hydrogens is 415 g/mol. The SMILES string of the molecule is Cl.Cl.NCC(=O)NCC(=O)N1CCN(Cc2nc(-c3cccs3)no2)CC1. The normalized spacial score (nSPS) is 14.2. The van der Waals surface area contributed by atoms with E-state index in [9.17, 15) is 9.59 Å². The van der Waals surface area contributed by atoms with Crippen LogP contribution in [0, 0.1) is 0 Å². The lowest BCUT2D eigenvalue weighted by Crippen LogP contribution is -2.51. The van der Waals surface area contributed by atoms with E-state index in [-0.39, 0.29) is 49.7 Å². The van der Waals surface area contributed by atoms with Gasteiger partial charge in [0.2, 0.25) is 23.5 Å². The Balaban J connectivity index is 0.00000182. The number of rotatable bonds is 6. The quantitative estimate of drug-likeness (QED) is 0.670. The fourth-order valence-electron chi connectivity index (χ4n) is 2.53. The largest absolute Gasteiger partial charge is 0.346 e. The van der Waals surface area contributed by atoms with Gasteiger partial charge in [-0.15, -0.1) is 36.2 Å². The topological polar surface area (TPSA) is 118 Å². The third kappa shape index (κ3) is 6.43. The predicted octanol–water partition coefficient (Wildman–Crippen LogP) is 0.361. The van der Waals surface area contributed by atoms with Crippen LogP contribution in [0.25, 0.3) is 10.7 Å². The van der Waals surface area contributed by atoms with Crippen LogP contribution >= 0.6 is 36.2 Å². The summed E-state index contributed by atoms with van der Waals surface area (Å²) in [7, 11) is 0. The lowest BCUT2D eigenvalue weighted by atomic mass is 10.3. The molecule has 2 aromatic heterocycles. The van der Waals surface area contributed by atoms with Gasteiger partial charge in [0.15, 0.2) is 0 Å². The second-order valence-electron chi connectivity index (χ2n) is 5.63. The van der Waals surface area contributed by atoms with E-state index < -0.39 is 0 Å². The minimum absolute atomic E-state index is 0. The summed E-state index contributed by atoms with van der Waals surface area (Å²) in [6, 6.07) is 3.90. The fraction of sp³-hybridized carbons (Fsp3) is 0.467. The van der Waals surface area contributed by atoms with E-state index in [1.165, 1.54) is 0 Å². The van der Waals surface area contributed by atoms with Gasteiger partial charge >= 0.3 is 0 Å². The third-order valence-corrected chi connectivity index (χ3v) is 4.78. The summed E-state index contributed by atoms with van der Waals surface area (Å²) in [6.45, 7) is 3.07. The highest BCUT2D eigenvalue weighted by molar-refractivity contribution is 7.13. The molecule has 3 rings (SSSR count). The van der Waals surface area contributed by atoms with Gasteiger partial charge in [-0.3, -0.25) is 14.5 Å². The number of hydrogen-bond donors (Lipinski definition) is 2. The van der Waals surface area contributed by atoms with E-state index in [2.05, 4.69) is 20.4 Å². The molecule has 3 heterocycles. The zero-order valence-corrected chi connectivity index (χ0v) is 16.9. The maximum atomic E-state index is 12.0. The van der Waals surface area contributed by atoms with Gasteiger partial charge in [0.05, 0.1) is 24.5 Å². The van der Waals surface area contributed by atoms with Crippen LogP contribution in [0.5, 0.6) is 0 Å². The first-order valence-corrected chi connectivity index (χ1v) is 8.87. The van der Waals surface area contributed by atoms with E-state index in [0.717, 1.165) is 4.88 Å². The van der Waals surface area contributed by atoms with Crippen LogP contribution in [0.15, 0.2) is 22.0 Å². The van der Waals surface area contributed by atoms with Crippen LogP contribution in [0.1, 0.15) is 5.89 Å². The van der Waals surface area contributed by atoms with Crippen molar-refractivity contribution in [2.45, 2.75) is 6.54 Å². The average Bonchev–Trinajstić information content (AvgIpc) is 3.31. The van der Waals surface area contributed by atoms with Gasteiger partial charge in [-0.2, -0.15) is 4.98 Å². The van der Waals surface area contributed by atoms with Gasteiger partial charge in [-0.05, 0) is 11.4 Å². The number of thiophene rings is 1. The molecule has 1 saturated heterocycles. The molecule has 1 aliphatic heterocycles. The predicted molar refractivity (Wildman–Crippen MR) is 106 cm³/mol. The number of carbonyl (C=O) groups excluding carboxylic acids is 2. The molecule has 2 amide bonds. The molecule has 1 aliphatic rings. The Labute approximate surface area is 173 Å². The van der Waals surface area contributed by atoms with E-state index in [4.69, 9.17) is 10.3 Å². The maximum Gasteiger partial charge on any atom is 0.242 e. The molecule has 0 spiro atoms. The Kier molecular flexibility index (Phi) is 9.67. The number of piperazine rings is 1. The summed E-state index contributed by atoms with van der Waals surface area (Å²) in [5, 5.41) is 8.46. The molecule has 12 heteroatoms. The van der Waals surface area contributed by atoms with Gasteiger partial charge in [-0.25, -0.2) is 0 Å². The summed E-state index contributed by atoms with van der Waals surface area (Å²) < 4.78 is 5.31. The van der Waals surface area contributed by atoms with Crippen LogP contribution in [0.4, 0.5) is 0 Å². The highest BCUT2D eigenvalue weighted by atomic mass is 35.5. The molecule has 3 N–H and O–H groups in total. The Morgan fingerprint density at radius 3 is 2.63 bits per heavy atom. The van der Waals surface area contributed by atoms with Crippen molar-refractivity contribution < 1.29 is 14.1 Å². The molecular formula is C15H22Cl2N6O3S. The van der Waals surface area contributed by atoms with Gasteiger partial charge in [0.25, 0.3) is 0 Å². The van der Waals surface area contributed by atoms with E-state index in [1.807, 2.05) is 17.5 Å². The van der Waals surface area contributed by atoms with Crippen molar-refractivity contribution >= 4 is 48.0 Å². The lowest BCUT2D eigenvalue weighted by Gasteiger charge is -2.34. The second-order valence-corrected chi connectivity index (χ2v) is 6.57. The number of nitrogens with zero attached hydrogens (tertiary/aromatic N) is 4. The summed E-state index contributed by atoms with van der Waals surface area (Å²) >= 11 is 1.57. The number of amides is 2. The van der Waals surface area contributed by atoms with Crippen LogP contribution < -0.4 is 11.1 Å². The zero-order valence-electron chi connectivity index (χ0n) is 14.5. The minimum atomic E-state index is -0.329. The molecule has 2 aromatic rings. The molecule has 0 unspecified atom stereocenters. The Morgan fingerprint density at radius 2 is 2.00 bits per heavy atom. The number of carbonyl (C=O) groups is 2. The van der Waals surface area contributed by atoms with Crippen molar-refractivity contribution in [3.05, 3.63) is 23.4 Å². The molecule has 9 nitrogen and oxygen atoms in total. The van der Waals surface area contributed by atoms with Crippen LogP contribution in [-0.2, 0) is 16.1 Å². The minimum Gasteiger partial charge on any atom is -0.346 e. The molecule has 0 aliphatic carbocycles. The fourth-order valence-corrected chi connectivity index (χ4v) is 3.18. The van der Waals surface area contributed by atoms with Crippen LogP contribution in [0.2, 0.25) is 0 Å². The summed E-state index contributed by atoms with van der Waals surface area (Å²) in [4.78, 5) is 32.4. The van der Waals surface area contributed by atoms with Crippen LogP contribution in [-0.4, -0.2) is 71.0 Å². The standard InChI is InChI=1S/C15H20N6O3S.2ClH/c16-8-12(22)17-9-14(23)21-5-3-20(4-6-21)10-13-18-15(19-24-13)11-2-1-7-25-11;;/h1-2,7H,3-6,8-10,16H2,(H,17,22);2*1H. The van der Waals surface area contributed by atoms with E-state index in [0.29, 0.717) is 44.4 Å². The molecule has 0 saturated carbocycles. The Bertz CT molecular complexity index is 719. The smallest absolute Gasteiger partial charge is 0.242 e. The van der Waals surface area contributed by atoms with E-state index >= 15 is 0 Å². The summed E-state index contributed by atoms with van der Waals surface area (Å²) in [5.74, 6) is 0.747. The average molecular weight is 437 g/mol. The Morgan fingerprint density at radius 1 is 1.26 bits per heavy atom. The second kappa shape index (κ2) is 11.2. The number of aromatic nitrogens is 2. The molecule has 27 heavy (non-hydrogen) atoms. The zero-order chi connectivity index (χ0) is 17.6. The highest BCUT2D eigenvalue weighted by Crippen LogP contribution is 2.21. The first-order chi connectivity index (χ1) is 12.2. The van der Waals surface area contributed by atoms with Crippen molar-refractivity contribution in [3.8, 4) is 10.7 Å². The maximum absolute atomic E-state index is 12.0. The molecule has 1 fully saturated rings.